The number of nitrogens with zero attached hydrogens (tertiary/aromatic N) is 4. The molecular weight excluding hydrogens is 629 g/mol. The molecule has 2 saturated heterocycles. The van der Waals surface area contributed by atoms with Gasteiger partial charge in [-0.15, -0.1) is 0 Å². The second kappa shape index (κ2) is 13.1. The van der Waals surface area contributed by atoms with E-state index in [0.29, 0.717) is 0 Å². The molecule has 0 spiro atoms. The Kier molecular flexibility index (Phi) is 8.28. The molecular formula is C45H58N4O2+2. The fraction of sp³-hybridized carbons (Fsp3) is 0.600. The fourth-order valence-electron chi connectivity index (χ4n) is 11.2. The van der Waals surface area contributed by atoms with Crippen LogP contribution in [-0.4, -0.2) is 52.4 Å². The van der Waals surface area contributed by atoms with Gasteiger partial charge in [0, 0.05) is 85.1 Å². The van der Waals surface area contributed by atoms with Crippen LogP contribution in [0, 0.1) is 25.7 Å². The first kappa shape index (κ1) is 32.1. The van der Waals surface area contributed by atoms with Gasteiger partial charge in [-0.25, -0.2) is 0 Å². The van der Waals surface area contributed by atoms with Gasteiger partial charge in [0.1, 0.15) is 37.3 Å². The van der Waals surface area contributed by atoms with Crippen LogP contribution in [0.25, 0.3) is 21.9 Å². The van der Waals surface area contributed by atoms with Gasteiger partial charge in [-0.2, -0.15) is 9.15 Å². The van der Waals surface area contributed by atoms with Crippen LogP contribution in [0.2, 0.25) is 0 Å². The molecule has 0 amide bonds. The minimum Gasteiger partial charge on any atom is -0.404 e. The van der Waals surface area contributed by atoms with Gasteiger partial charge in [0.2, 0.25) is 0 Å². The molecule has 6 heteroatoms. The van der Waals surface area contributed by atoms with Crippen molar-refractivity contribution in [3.63, 3.8) is 0 Å². The lowest BCUT2D eigenvalue weighted by molar-refractivity contribution is 0.266. The lowest BCUT2D eigenvalue weighted by Crippen LogP contribution is -2.38. The number of hydrogen-bond donors (Lipinski definition) is 0. The van der Waals surface area contributed by atoms with Crippen molar-refractivity contribution >= 4 is 33.3 Å². The van der Waals surface area contributed by atoms with Gasteiger partial charge in [-0.05, 0) is 124 Å². The van der Waals surface area contributed by atoms with Crippen LogP contribution < -0.4 is 30.1 Å². The van der Waals surface area contributed by atoms with Crippen molar-refractivity contribution in [2.75, 3.05) is 62.2 Å². The summed E-state index contributed by atoms with van der Waals surface area (Å²) in [4.78, 5) is 5.27. The van der Waals surface area contributed by atoms with Gasteiger partial charge >= 0.3 is 11.1 Å². The predicted molar refractivity (Wildman–Crippen MR) is 209 cm³/mol. The normalized spacial score (nSPS) is 23.2. The van der Waals surface area contributed by atoms with E-state index in [1.807, 2.05) is 0 Å². The molecule has 0 saturated carbocycles. The van der Waals surface area contributed by atoms with E-state index in [4.69, 9.17) is 8.83 Å². The lowest BCUT2D eigenvalue weighted by atomic mass is 9.87. The molecule has 4 aromatic rings. The summed E-state index contributed by atoms with van der Waals surface area (Å²) in [6.45, 7) is 13.9. The van der Waals surface area contributed by atoms with Crippen molar-refractivity contribution < 1.29 is 8.83 Å². The summed E-state index contributed by atoms with van der Waals surface area (Å²) in [6, 6.07) is 9.58. The Bertz CT molecular complexity index is 1990. The highest BCUT2D eigenvalue weighted by Gasteiger charge is 2.31. The molecule has 0 bridgehead atoms. The molecule has 0 unspecified atom stereocenters. The molecule has 51 heavy (non-hydrogen) atoms. The maximum absolute atomic E-state index is 6.84. The minimum absolute atomic E-state index is 0.853. The van der Waals surface area contributed by atoms with Crippen LogP contribution in [-0.2, 0) is 25.7 Å². The third-order valence-corrected chi connectivity index (χ3v) is 14.0. The standard InChI is InChI=1S/C45H58N4O2/c1-30-26-40(50-44-36-12-6-20-48-18-4-10-34(42(36)48)28-38(30)44)46-22-14-32(15-23-46)8-3-9-33-16-24-47(25-17-33)41-27-31(2)39-29-35-11-5-19-49-21-7-13-37(43(35)49)45(39)51-41/h26-29,32-33H,3-25H2,1-2H3/q+2. The third kappa shape index (κ3) is 5.74. The average Bonchev–Trinajstić information content (AvgIpc) is 3.16. The zero-order valence-corrected chi connectivity index (χ0v) is 31.3. The Morgan fingerprint density at radius 2 is 0.980 bits per heavy atom. The monoisotopic (exact) mass is 686 g/mol. The van der Waals surface area contributed by atoms with Gasteiger partial charge in [0.25, 0.3) is 0 Å². The summed E-state index contributed by atoms with van der Waals surface area (Å²) < 4.78 is 18.8. The first-order valence-corrected chi connectivity index (χ1v) is 20.9. The quantitative estimate of drug-likeness (QED) is 0.210. The van der Waals surface area contributed by atoms with E-state index >= 15 is 0 Å². The average molecular weight is 687 g/mol. The maximum atomic E-state index is 6.84. The van der Waals surface area contributed by atoms with Gasteiger partial charge in [0.15, 0.2) is 0 Å². The zero-order valence-electron chi connectivity index (χ0n) is 31.3. The smallest absolute Gasteiger partial charge is 0.368 e. The highest BCUT2D eigenvalue weighted by Crippen LogP contribution is 2.41. The van der Waals surface area contributed by atoms with Gasteiger partial charge in [-0.1, -0.05) is 6.42 Å². The van der Waals surface area contributed by atoms with Crippen LogP contribution in [0.5, 0.6) is 0 Å². The van der Waals surface area contributed by atoms with E-state index in [1.165, 1.54) is 165 Å². The van der Waals surface area contributed by atoms with Gasteiger partial charge in [0.05, 0.1) is 12.1 Å². The molecule has 0 N–H and O–H groups in total. The number of hydrogen-bond acceptors (Lipinski definition) is 4. The molecule has 2 aromatic carbocycles. The molecule has 0 aliphatic carbocycles. The lowest BCUT2D eigenvalue weighted by Gasteiger charge is -2.37. The molecule has 268 valence electrons. The predicted octanol–water partition coefficient (Wildman–Crippen LogP) is 7.43. The first-order valence-electron chi connectivity index (χ1n) is 20.9. The summed E-state index contributed by atoms with van der Waals surface area (Å²) in [5, 5.41) is 2.69. The third-order valence-electron chi connectivity index (χ3n) is 14.0. The van der Waals surface area contributed by atoms with Crippen molar-refractivity contribution in [3.8, 4) is 0 Å². The zero-order chi connectivity index (χ0) is 34.1. The van der Waals surface area contributed by atoms with E-state index in [9.17, 15) is 0 Å². The van der Waals surface area contributed by atoms with E-state index in [1.54, 1.807) is 11.1 Å². The van der Waals surface area contributed by atoms with E-state index < -0.39 is 0 Å². The number of fused-ring (bicyclic) bond motifs is 4. The number of piperidine rings is 2. The van der Waals surface area contributed by atoms with Crippen LogP contribution in [0.3, 0.4) is 0 Å². The SMILES string of the molecule is Cc1cc(=[N+]2CCC(CCCC3CC[N+](=c4cc(C)c5cc6c7c(c5o4)CCCN7CCC6)CC3)CC2)oc2c3c4c(cc12)CCCN4CCC3. The number of aryl methyl sites for hydroxylation is 6. The minimum atomic E-state index is 0.853. The summed E-state index contributed by atoms with van der Waals surface area (Å²) in [5.41, 5.74) is 16.4. The Hall–Kier alpha value is -3.54. The first-order chi connectivity index (χ1) is 25.1. The van der Waals surface area contributed by atoms with Crippen molar-refractivity contribution in [1.29, 1.82) is 0 Å². The van der Waals surface area contributed by atoms with Crippen molar-refractivity contribution in [2.45, 2.75) is 110 Å². The van der Waals surface area contributed by atoms with E-state index in [0.717, 1.165) is 62.0 Å². The van der Waals surface area contributed by atoms with Crippen molar-refractivity contribution in [3.05, 3.63) is 68.8 Å². The van der Waals surface area contributed by atoms with Crippen molar-refractivity contribution in [2.24, 2.45) is 11.8 Å². The second-order valence-electron chi connectivity index (χ2n) is 17.2. The van der Waals surface area contributed by atoms with Crippen LogP contribution in [0.4, 0.5) is 11.4 Å². The maximum Gasteiger partial charge on any atom is 0.368 e. The Morgan fingerprint density at radius 3 is 1.41 bits per heavy atom. The summed E-state index contributed by atoms with van der Waals surface area (Å²) >= 11 is 0. The molecule has 8 heterocycles. The number of benzene rings is 2. The molecule has 0 radical (unpaired) electrons. The van der Waals surface area contributed by atoms with Crippen molar-refractivity contribution in [1.82, 2.24) is 9.15 Å². The molecule has 6 aliphatic rings. The second-order valence-corrected chi connectivity index (χ2v) is 17.2. The fourth-order valence-corrected chi connectivity index (χ4v) is 11.2. The molecule has 2 fully saturated rings. The van der Waals surface area contributed by atoms with Gasteiger partial charge in [-0.3, -0.25) is 0 Å². The topological polar surface area (TPSA) is 38.8 Å². The van der Waals surface area contributed by atoms with Crippen LogP contribution in [0.1, 0.15) is 104 Å². The Morgan fingerprint density at radius 1 is 0.569 bits per heavy atom. The number of anilines is 2. The van der Waals surface area contributed by atoms with E-state index in [-0.39, 0.29) is 0 Å². The van der Waals surface area contributed by atoms with Crippen LogP contribution >= 0.6 is 0 Å². The summed E-state index contributed by atoms with van der Waals surface area (Å²) in [6.07, 6.45) is 19.1. The number of rotatable bonds is 4. The summed E-state index contributed by atoms with van der Waals surface area (Å²) in [7, 11) is 0. The summed E-state index contributed by atoms with van der Waals surface area (Å²) in [5.74, 6) is 1.71. The Labute approximate surface area is 303 Å². The molecule has 6 nitrogen and oxygen atoms in total. The highest BCUT2D eigenvalue weighted by atomic mass is 16.3. The van der Waals surface area contributed by atoms with Crippen LogP contribution in [0.15, 0.2) is 33.1 Å². The Balaban J connectivity index is 0.781. The largest absolute Gasteiger partial charge is 0.404 e. The molecule has 10 rings (SSSR count). The van der Waals surface area contributed by atoms with E-state index in [2.05, 4.69) is 57.1 Å². The molecule has 0 atom stereocenters. The highest BCUT2D eigenvalue weighted by molar-refractivity contribution is 5.91. The molecule has 6 aliphatic heterocycles. The molecule has 2 aromatic heterocycles. The van der Waals surface area contributed by atoms with Gasteiger partial charge < -0.3 is 18.6 Å².